The first kappa shape index (κ1) is 14.9. The Bertz CT molecular complexity index is 311. The summed E-state index contributed by atoms with van der Waals surface area (Å²) < 4.78 is 22.0. The van der Waals surface area contributed by atoms with Crippen LogP contribution < -0.4 is 10.5 Å². The minimum absolute atomic E-state index is 0.0470. The lowest BCUT2D eigenvalue weighted by Crippen LogP contribution is -2.43. The Morgan fingerprint density at radius 1 is 1.47 bits per heavy atom. The smallest absolute Gasteiger partial charge is 0.210 e. The minimum Gasteiger partial charge on any atom is -0.316 e. The van der Waals surface area contributed by atoms with E-state index in [2.05, 4.69) is 24.1 Å². The van der Waals surface area contributed by atoms with E-state index in [1.54, 1.807) is 0 Å². The van der Waals surface area contributed by atoms with Gasteiger partial charge in [-0.3, -0.25) is 4.90 Å². The normalized spacial score (nSPS) is 22.3. The number of nitrogens with two attached hydrogens (primary N) is 1. The van der Waals surface area contributed by atoms with Gasteiger partial charge < -0.3 is 5.32 Å². The molecule has 0 bridgehead atoms. The number of sulfonamides is 1. The Balaban J connectivity index is 2.42. The quantitative estimate of drug-likeness (QED) is 0.706. The highest BCUT2D eigenvalue weighted by Crippen LogP contribution is 2.13. The maximum absolute atomic E-state index is 11.0. The monoisotopic (exact) mass is 263 g/mol. The van der Waals surface area contributed by atoms with Crippen LogP contribution in [0.1, 0.15) is 26.7 Å². The van der Waals surface area contributed by atoms with E-state index in [4.69, 9.17) is 5.14 Å². The number of primary sulfonamides is 1. The van der Waals surface area contributed by atoms with Crippen molar-refractivity contribution in [3.8, 4) is 0 Å². The van der Waals surface area contributed by atoms with E-state index < -0.39 is 10.0 Å². The second kappa shape index (κ2) is 6.68. The van der Waals surface area contributed by atoms with Crippen LogP contribution in [0.25, 0.3) is 0 Å². The van der Waals surface area contributed by atoms with Crippen LogP contribution in [0, 0.1) is 5.92 Å². The Morgan fingerprint density at radius 3 is 2.65 bits per heavy atom. The standard InChI is InChI=1S/C11H25N3O2S/c1-10(2)14(6-7-17(12,15)16)9-11-4-3-5-13-8-11/h10-11,13H,3-9H2,1-2H3,(H2,12,15,16). The van der Waals surface area contributed by atoms with Gasteiger partial charge in [-0.1, -0.05) is 0 Å². The summed E-state index contributed by atoms with van der Waals surface area (Å²) in [5.74, 6) is 0.678. The lowest BCUT2D eigenvalue weighted by molar-refractivity contribution is 0.180. The van der Waals surface area contributed by atoms with Gasteiger partial charge >= 0.3 is 0 Å². The van der Waals surface area contributed by atoms with Crippen LogP contribution >= 0.6 is 0 Å². The van der Waals surface area contributed by atoms with Crippen LogP contribution in [-0.4, -0.2) is 51.3 Å². The highest BCUT2D eigenvalue weighted by Gasteiger charge is 2.19. The molecule has 0 aromatic rings. The first-order chi connectivity index (χ1) is 7.88. The Labute approximate surface area is 105 Å². The molecule has 1 rings (SSSR count). The number of hydrogen-bond donors (Lipinski definition) is 2. The molecule has 0 amide bonds. The molecule has 0 aromatic carbocycles. The molecule has 0 spiro atoms. The van der Waals surface area contributed by atoms with E-state index >= 15 is 0 Å². The van der Waals surface area contributed by atoms with Crippen molar-refractivity contribution in [3.63, 3.8) is 0 Å². The van der Waals surface area contributed by atoms with E-state index in [0.717, 1.165) is 19.6 Å². The summed E-state index contributed by atoms with van der Waals surface area (Å²) >= 11 is 0. The van der Waals surface area contributed by atoms with Crippen molar-refractivity contribution >= 4 is 10.0 Å². The zero-order valence-electron chi connectivity index (χ0n) is 10.9. The highest BCUT2D eigenvalue weighted by molar-refractivity contribution is 7.89. The molecule has 1 unspecified atom stereocenters. The van der Waals surface area contributed by atoms with Crippen molar-refractivity contribution in [2.45, 2.75) is 32.7 Å². The summed E-state index contributed by atoms with van der Waals surface area (Å²) in [7, 11) is -3.35. The third kappa shape index (κ3) is 6.35. The maximum atomic E-state index is 11.0. The van der Waals surface area contributed by atoms with Crippen molar-refractivity contribution in [3.05, 3.63) is 0 Å². The molecule has 0 aliphatic carbocycles. The lowest BCUT2D eigenvalue weighted by atomic mass is 9.98. The average molecular weight is 263 g/mol. The van der Waals surface area contributed by atoms with E-state index in [9.17, 15) is 8.42 Å². The summed E-state index contributed by atoms with van der Waals surface area (Å²) in [4.78, 5) is 2.21. The van der Waals surface area contributed by atoms with Gasteiger partial charge in [0.1, 0.15) is 0 Å². The minimum atomic E-state index is -3.35. The Morgan fingerprint density at radius 2 is 2.18 bits per heavy atom. The third-order valence-electron chi connectivity index (χ3n) is 3.28. The molecular weight excluding hydrogens is 238 g/mol. The van der Waals surface area contributed by atoms with Gasteiger partial charge in [-0.05, 0) is 45.7 Å². The number of nitrogens with zero attached hydrogens (tertiary/aromatic N) is 1. The van der Waals surface area contributed by atoms with Gasteiger partial charge in [0.25, 0.3) is 0 Å². The van der Waals surface area contributed by atoms with Crippen molar-refractivity contribution < 1.29 is 8.42 Å². The second-order valence-electron chi connectivity index (χ2n) is 5.17. The van der Waals surface area contributed by atoms with Crippen LogP contribution in [0.15, 0.2) is 0 Å². The van der Waals surface area contributed by atoms with Crippen LogP contribution in [0.3, 0.4) is 0 Å². The summed E-state index contributed by atoms with van der Waals surface area (Å²) in [6.07, 6.45) is 2.44. The molecule has 1 atom stereocenters. The van der Waals surface area contributed by atoms with Gasteiger partial charge in [-0.2, -0.15) is 0 Å². The molecule has 1 aliphatic heterocycles. The molecule has 17 heavy (non-hydrogen) atoms. The molecule has 1 fully saturated rings. The molecule has 3 N–H and O–H groups in total. The van der Waals surface area contributed by atoms with E-state index in [1.165, 1.54) is 12.8 Å². The van der Waals surface area contributed by atoms with Gasteiger partial charge in [0.2, 0.25) is 10.0 Å². The number of nitrogens with one attached hydrogen (secondary N) is 1. The molecule has 1 aliphatic rings. The molecule has 6 heteroatoms. The second-order valence-corrected chi connectivity index (χ2v) is 6.90. The van der Waals surface area contributed by atoms with Crippen molar-refractivity contribution in [2.75, 3.05) is 31.9 Å². The molecule has 1 saturated heterocycles. The maximum Gasteiger partial charge on any atom is 0.210 e. The van der Waals surface area contributed by atoms with E-state index in [-0.39, 0.29) is 5.75 Å². The largest absolute Gasteiger partial charge is 0.316 e. The fourth-order valence-electron chi connectivity index (χ4n) is 2.22. The van der Waals surface area contributed by atoms with Crippen molar-refractivity contribution in [1.29, 1.82) is 0 Å². The van der Waals surface area contributed by atoms with Gasteiger partial charge in [0.05, 0.1) is 5.75 Å². The zero-order chi connectivity index (χ0) is 12.9. The fraction of sp³-hybridized carbons (Fsp3) is 1.00. The summed E-state index contributed by atoms with van der Waals surface area (Å²) in [5, 5.41) is 8.43. The van der Waals surface area contributed by atoms with Gasteiger partial charge in [0, 0.05) is 19.1 Å². The highest BCUT2D eigenvalue weighted by atomic mass is 32.2. The van der Waals surface area contributed by atoms with Crippen molar-refractivity contribution in [2.24, 2.45) is 11.1 Å². The van der Waals surface area contributed by atoms with E-state index in [0.29, 0.717) is 18.5 Å². The third-order valence-corrected chi connectivity index (χ3v) is 4.04. The number of piperidine rings is 1. The summed E-state index contributed by atoms with van der Waals surface area (Å²) in [6, 6.07) is 0.360. The fourth-order valence-corrected chi connectivity index (χ4v) is 2.71. The first-order valence-electron chi connectivity index (χ1n) is 6.33. The molecule has 0 radical (unpaired) electrons. The molecular formula is C11H25N3O2S. The number of hydrogen-bond acceptors (Lipinski definition) is 4. The van der Waals surface area contributed by atoms with Gasteiger partial charge in [-0.15, -0.1) is 0 Å². The number of rotatable bonds is 6. The molecule has 0 saturated carbocycles. The van der Waals surface area contributed by atoms with Crippen LogP contribution in [-0.2, 0) is 10.0 Å². The summed E-state index contributed by atoms with van der Waals surface area (Å²) in [6.45, 7) is 7.83. The molecule has 5 nitrogen and oxygen atoms in total. The molecule has 0 aromatic heterocycles. The average Bonchev–Trinajstić information content (AvgIpc) is 2.24. The SMILES string of the molecule is CC(C)N(CCS(N)(=O)=O)CC1CCCNC1. The van der Waals surface area contributed by atoms with Crippen LogP contribution in [0.2, 0.25) is 0 Å². The molecule has 102 valence electrons. The predicted octanol–water partition coefficient (Wildman–Crippen LogP) is -0.0151. The van der Waals surface area contributed by atoms with E-state index in [1.807, 2.05) is 0 Å². The Hall–Kier alpha value is -0.170. The first-order valence-corrected chi connectivity index (χ1v) is 8.05. The zero-order valence-corrected chi connectivity index (χ0v) is 11.7. The van der Waals surface area contributed by atoms with Gasteiger partial charge in [0.15, 0.2) is 0 Å². The molecule has 1 heterocycles. The Kier molecular flexibility index (Phi) is 5.85. The predicted molar refractivity (Wildman–Crippen MR) is 70.3 cm³/mol. The van der Waals surface area contributed by atoms with Gasteiger partial charge in [-0.25, -0.2) is 13.6 Å². The van der Waals surface area contributed by atoms with Crippen molar-refractivity contribution in [1.82, 2.24) is 10.2 Å². The van der Waals surface area contributed by atoms with Crippen LogP contribution in [0.5, 0.6) is 0 Å². The lowest BCUT2D eigenvalue weighted by Gasteiger charge is -2.32. The summed E-state index contributed by atoms with van der Waals surface area (Å²) in [5.41, 5.74) is 0. The topological polar surface area (TPSA) is 75.4 Å². The van der Waals surface area contributed by atoms with Crippen LogP contribution in [0.4, 0.5) is 0 Å².